The predicted octanol–water partition coefficient (Wildman–Crippen LogP) is 2.52. The van der Waals surface area contributed by atoms with Crippen molar-refractivity contribution >= 4 is 22.8 Å². The van der Waals surface area contributed by atoms with Crippen LogP contribution < -0.4 is 4.90 Å². The number of anilines is 1. The van der Waals surface area contributed by atoms with E-state index in [2.05, 4.69) is 9.88 Å². The average Bonchev–Trinajstić information content (AvgIpc) is 3.04. The van der Waals surface area contributed by atoms with E-state index in [1.54, 1.807) is 12.5 Å². The second kappa shape index (κ2) is 4.91. The molecule has 0 saturated carbocycles. The first-order chi connectivity index (χ1) is 9.24. The van der Waals surface area contributed by atoms with Crippen molar-refractivity contribution in [3.63, 3.8) is 0 Å². The second-order valence-electron chi connectivity index (χ2n) is 5.00. The number of hydrogen-bond acceptors (Lipinski definition) is 4. The minimum absolute atomic E-state index is 0.252. The van der Waals surface area contributed by atoms with E-state index >= 15 is 0 Å². The lowest BCUT2D eigenvalue weighted by Gasteiger charge is -2.17. The summed E-state index contributed by atoms with van der Waals surface area (Å²) in [6, 6.07) is 3.79. The van der Waals surface area contributed by atoms with E-state index in [4.69, 9.17) is 9.52 Å². The fourth-order valence-corrected chi connectivity index (χ4v) is 2.72. The lowest BCUT2D eigenvalue weighted by molar-refractivity contribution is -0.137. The average molecular weight is 260 g/mol. The summed E-state index contributed by atoms with van der Waals surface area (Å²) < 4.78 is 5.38. The first kappa shape index (κ1) is 12.0. The normalized spacial score (nSPS) is 19.2. The Kier molecular flexibility index (Phi) is 3.11. The maximum absolute atomic E-state index is 10.6. The van der Waals surface area contributed by atoms with Gasteiger partial charge in [-0.2, -0.15) is 0 Å². The standard InChI is InChI=1S/C14H16N2O3/c17-13(18)2-1-10-4-7-16(9-10)14-11-5-8-19-12(11)3-6-15-14/h3,5-6,8,10H,1-2,4,7,9H2,(H,17,18). The van der Waals surface area contributed by atoms with E-state index in [0.29, 0.717) is 5.92 Å². The molecular formula is C14H16N2O3. The van der Waals surface area contributed by atoms with Gasteiger partial charge < -0.3 is 14.4 Å². The van der Waals surface area contributed by atoms with E-state index in [1.807, 2.05) is 12.1 Å². The molecule has 2 aromatic rings. The molecule has 5 nitrogen and oxygen atoms in total. The highest BCUT2D eigenvalue weighted by Crippen LogP contribution is 2.30. The number of aromatic nitrogens is 1. The van der Waals surface area contributed by atoms with Gasteiger partial charge in [-0.25, -0.2) is 4.98 Å². The summed E-state index contributed by atoms with van der Waals surface area (Å²) in [7, 11) is 0. The van der Waals surface area contributed by atoms with E-state index < -0.39 is 5.97 Å². The zero-order valence-corrected chi connectivity index (χ0v) is 10.6. The fraction of sp³-hybridized carbons (Fsp3) is 0.429. The molecule has 0 radical (unpaired) electrons. The predicted molar refractivity (Wildman–Crippen MR) is 71.2 cm³/mol. The van der Waals surface area contributed by atoms with Crippen molar-refractivity contribution in [2.24, 2.45) is 5.92 Å². The highest BCUT2D eigenvalue weighted by atomic mass is 16.4. The Morgan fingerprint density at radius 1 is 1.53 bits per heavy atom. The fourth-order valence-electron chi connectivity index (χ4n) is 2.72. The maximum atomic E-state index is 10.6. The molecule has 100 valence electrons. The van der Waals surface area contributed by atoms with Crippen molar-refractivity contribution < 1.29 is 14.3 Å². The van der Waals surface area contributed by atoms with Gasteiger partial charge in [0.15, 0.2) is 0 Å². The number of furan rings is 1. The van der Waals surface area contributed by atoms with Crippen LogP contribution in [0.25, 0.3) is 11.0 Å². The smallest absolute Gasteiger partial charge is 0.303 e. The Labute approximate surface area is 110 Å². The summed E-state index contributed by atoms with van der Waals surface area (Å²) in [5, 5.41) is 9.76. The number of rotatable bonds is 4. The van der Waals surface area contributed by atoms with Crippen molar-refractivity contribution in [2.45, 2.75) is 19.3 Å². The number of fused-ring (bicyclic) bond motifs is 1. The maximum Gasteiger partial charge on any atom is 0.303 e. The zero-order chi connectivity index (χ0) is 13.2. The molecule has 0 bridgehead atoms. The van der Waals surface area contributed by atoms with Gasteiger partial charge in [0.05, 0.1) is 11.6 Å². The molecule has 0 aromatic carbocycles. The molecule has 1 aliphatic heterocycles. The number of pyridine rings is 1. The van der Waals surface area contributed by atoms with Gasteiger partial charge in [-0.05, 0) is 30.9 Å². The summed E-state index contributed by atoms with van der Waals surface area (Å²) in [6.07, 6.45) is 5.46. The second-order valence-corrected chi connectivity index (χ2v) is 5.00. The Morgan fingerprint density at radius 3 is 3.26 bits per heavy atom. The number of hydrogen-bond donors (Lipinski definition) is 1. The van der Waals surface area contributed by atoms with Gasteiger partial charge in [0.1, 0.15) is 11.4 Å². The van der Waals surface area contributed by atoms with Crippen LogP contribution in [-0.2, 0) is 4.79 Å². The van der Waals surface area contributed by atoms with Gasteiger partial charge in [0.25, 0.3) is 0 Å². The van der Waals surface area contributed by atoms with Crippen LogP contribution in [0.4, 0.5) is 5.82 Å². The van der Waals surface area contributed by atoms with E-state index in [1.165, 1.54) is 0 Å². The van der Waals surface area contributed by atoms with Crippen molar-refractivity contribution in [3.05, 3.63) is 24.6 Å². The summed E-state index contributed by atoms with van der Waals surface area (Å²) >= 11 is 0. The lowest BCUT2D eigenvalue weighted by Crippen LogP contribution is -2.21. The largest absolute Gasteiger partial charge is 0.481 e. The first-order valence-corrected chi connectivity index (χ1v) is 6.53. The Hall–Kier alpha value is -2.04. The van der Waals surface area contributed by atoms with Gasteiger partial charge in [-0.1, -0.05) is 0 Å². The molecule has 1 unspecified atom stereocenters. The molecule has 3 heterocycles. The molecule has 5 heteroatoms. The van der Waals surface area contributed by atoms with Crippen LogP contribution in [0.15, 0.2) is 29.0 Å². The van der Waals surface area contributed by atoms with Crippen LogP contribution in [0, 0.1) is 5.92 Å². The van der Waals surface area contributed by atoms with Crippen LogP contribution in [0.2, 0.25) is 0 Å². The molecule has 1 saturated heterocycles. The first-order valence-electron chi connectivity index (χ1n) is 6.53. The molecule has 19 heavy (non-hydrogen) atoms. The number of aliphatic carboxylic acids is 1. The van der Waals surface area contributed by atoms with Gasteiger partial charge in [-0.3, -0.25) is 4.79 Å². The van der Waals surface area contributed by atoms with Crippen LogP contribution in [0.5, 0.6) is 0 Å². The molecule has 0 aliphatic carbocycles. The molecule has 1 atom stereocenters. The van der Waals surface area contributed by atoms with Crippen LogP contribution >= 0.6 is 0 Å². The highest BCUT2D eigenvalue weighted by molar-refractivity contribution is 5.88. The molecule has 3 rings (SSSR count). The number of carbonyl (C=O) groups is 1. The van der Waals surface area contributed by atoms with E-state index in [9.17, 15) is 4.79 Å². The summed E-state index contributed by atoms with van der Waals surface area (Å²) in [4.78, 5) is 17.3. The van der Waals surface area contributed by atoms with Gasteiger partial charge in [0, 0.05) is 25.7 Å². The van der Waals surface area contributed by atoms with Crippen molar-refractivity contribution in [1.29, 1.82) is 0 Å². The molecule has 1 aliphatic rings. The van der Waals surface area contributed by atoms with E-state index in [0.717, 1.165) is 42.7 Å². The molecule has 0 spiro atoms. The molecule has 1 N–H and O–H groups in total. The molecule has 1 fully saturated rings. The third kappa shape index (κ3) is 2.41. The van der Waals surface area contributed by atoms with Crippen LogP contribution in [-0.4, -0.2) is 29.1 Å². The Morgan fingerprint density at radius 2 is 2.42 bits per heavy atom. The zero-order valence-electron chi connectivity index (χ0n) is 10.6. The number of carboxylic acids is 1. The van der Waals surface area contributed by atoms with E-state index in [-0.39, 0.29) is 6.42 Å². The van der Waals surface area contributed by atoms with Crippen molar-refractivity contribution in [1.82, 2.24) is 4.98 Å². The number of nitrogens with zero attached hydrogens (tertiary/aromatic N) is 2. The lowest BCUT2D eigenvalue weighted by atomic mass is 10.0. The SMILES string of the molecule is O=C(O)CCC1CCN(c2nccc3occc23)C1. The monoisotopic (exact) mass is 260 g/mol. The Balaban J connectivity index is 1.74. The van der Waals surface area contributed by atoms with Crippen LogP contribution in [0.1, 0.15) is 19.3 Å². The molecular weight excluding hydrogens is 244 g/mol. The summed E-state index contributed by atoms with van der Waals surface area (Å²) in [5.41, 5.74) is 0.846. The van der Waals surface area contributed by atoms with Gasteiger partial charge >= 0.3 is 5.97 Å². The minimum Gasteiger partial charge on any atom is -0.481 e. The number of carboxylic acid groups (broad SMARTS) is 1. The van der Waals surface area contributed by atoms with Crippen molar-refractivity contribution in [2.75, 3.05) is 18.0 Å². The summed E-state index contributed by atoms with van der Waals surface area (Å²) in [6.45, 7) is 1.81. The van der Waals surface area contributed by atoms with Gasteiger partial charge in [-0.15, -0.1) is 0 Å². The molecule has 2 aromatic heterocycles. The summed E-state index contributed by atoms with van der Waals surface area (Å²) in [5.74, 6) is 0.678. The Bertz CT molecular complexity index is 593. The minimum atomic E-state index is -0.714. The van der Waals surface area contributed by atoms with Gasteiger partial charge in [0.2, 0.25) is 0 Å². The third-order valence-corrected chi connectivity index (χ3v) is 3.71. The van der Waals surface area contributed by atoms with Crippen LogP contribution in [0.3, 0.4) is 0 Å². The third-order valence-electron chi connectivity index (χ3n) is 3.71. The topological polar surface area (TPSA) is 66.6 Å². The van der Waals surface area contributed by atoms with Crippen molar-refractivity contribution in [3.8, 4) is 0 Å². The molecule has 0 amide bonds. The highest BCUT2D eigenvalue weighted by Gasteiger charge is 2.25. The quantitative estimate of drug-likeness (QED) is 0.915.